The lowest BCUT2D eigenvalue weighted by Gasteiger charge is -2.19. The number of rotatable bonds is 10. The fourth-order valence-electron chi connectivity index (χ4n) is 2.93. The summed E-state index contributed by atoms with van der Waals surface area (Å²) in [5.74, 6) is -1.27. The van der Waals surface area contributed by atoms with Crippen LogP contribution in [0, 0.1) is 5.92 Å². The number of carbonyl (C=O) groups is 2. The van der Waals surface area contributed by atoms with Gasteiger partial charge in [-0.15, -0.1) is 0 Å². The number of aliphatic hydroxyl groups excluding tert-OH is 1. The van der Waals surface area contributed by atoms with Crippen LogP contribution in [0.15, 0.2) is 21.9 Å². The number of hydrogen-bond donors (Lipinski definition) is 3. The SMILES string of the molecule is CC(C)C(=O)[C@H](C)OC(=O)[C@H](C)N[PH](=O)OC[C@H]1O[C@@H](n2ccc(=O)[nH]c2=O)C[C@@H]1O. The van der Waals surface area contributed by atoms with E-state index in [0.717, 1.165) is 10.6 Å². The van der Waals surface area contributed by atoms with Crippen molar-refractivity contribution in [2.24, 2.45) is 5.92 Å². The molecule has 12 nitrogen and oxygen atoms in total. The molecule has 0 spiro atoms. The predicted octanol–water partition coefficient (Wildman–Crippen LogP) is -0.274. The Labute approximate surface area is 178 Å². The molecule has 0 aliphatic carbocycles. The normalized spacial score (nSPS) is 24.0. The highest BCUT2D eigenvalue weighted by Gasteiger charge is 2.36. The third-order valence-corrected chi connectivity index (χ3v) is 5.79. The number of nitrogens with one attached hydrogen (secondary N) is 2. The van der Waals surface area contributed by atoms with Crippen LogP contribution >= 0.6 is 8.18 Å². The van der Waals surface area contributed by atoms with E-state index in [1.54, 1.807) is 13.8 Å². The topological polar surface area (TPSA) is 166 Å². The summed E-state index contributed by atoms with van der Waals surface area (Å²) in [6.45, 7) is 6.01. The summed E-state index contributed by atoms with van der Waals surface area (Å²) in [6.07, 6.45) is -2.29. The molecule has 6 atom stereocenters. The molecular weight excluding hydrogens is 433 g/mol. The van der Waals surface area contributed by atoms with Gasteiger partial charge in [0.05, 0.1) is 12.7 Å². The monoisotopic (exact) mass is 461 g/mol. The van der Waals surface area contributed by atoms with Crippen molar-refractivity contribution < 1.29 is 33.3 Å². The lowest BCUT2D eigenvalue weighted by Crippen LogP contribution is -2.37. The largest absolute Gasteiger partial charge is 0.453 e. The molecule has 13 heteroatoms. The highest BCUT2D eigenvalue weighted by Crippen LogP contribution is 2.29. The third kappa shape index (κ3) is 6.94. The van der Waals surface area contributed by atoms with Crippen molar-refractivity contribution in [3.63, 3.8) is 0 Å². The lowest BCUT2D eigenvalue weighted by atomic mass is 10.1. The predicted molar refractivity (Wildman–Crippen MR) is 109 cm³/mol. The maximum atomic E-state index is 12.1. The van der Waals surface area contributed by atoms with Crippen LogP contribution in [0.1, 0.15) is 40.3 Å². The Hall–Kier alpha value is -2.11. The number of Topliss-reactive ketones (excluding diaryl/α,β-unsaturated/α-hetero) is 1. The molecule has 174 valence electrons. The average molecular weight is 461 g/mol. The van der Waals surface area contributed by atoms with E-state index in [1.165, 1.54) is 20.0 Å². The molecule has 0 amide bonds. The molecule has 1 aromatic heterocycles. The summed E-state index contributed by atoms with van der Waals surface area (Å²) in [5, 5.41) is 12.6. The van der Waals surface area contributed by atoms with Gasteiger partial charge in [-0.3, -0.25) is 28.5 Å². The maximum absolute atomic E-state index is 12.1. The third-order valence-electron chi connectivity index (χ3n) is 4.69. The van der Waals surface area contributed by atoms with Crippen molar-refractivity contribution in [3.8, 4) is 0 Å². The Morgan fingerprint density at radius 3 is 2.65 bits per heavy atom. The smallest absolute Gasteiger partial charge is 0.330 e. The number of ether oxygens (including phenoxy) is 2. The molecule has 0 bridgehead atoms. The summed E-state index contributed by atoms with van der Waals surface area (Å²) in [7, 11) is -2.90. The van der Waals surface area contributed by atoms with Gasteiger partial charge in [0.25, 0.3) is 13.7 Å². The van der Waals surface area contributed by atoms with Crippen LogP contribution in [0.2, 0.25) is 0 Å². The van der Waals surface area contributed by atoms with Gasteiger partial charge < -0.3 is 19.1 Å². The van der Waals surface area contributed by atoms with Gasteiger partial charge in [0.15, 0.2) is 11.9 Å². The number of aromatic nitrogens is 2. The first-order valence-electron chi connectivity index (χ1n) is 9.82. The highest BCUT2D eigenvalue weighted by atomic mass is 31.1. The summed E-state index contributed by atoms with van der Waals surface area (Å²) >= 11 is 0. The molecule has 1 unspecified atom stereocenters. The van der Waals surface area contributed by atoms with Crippen molar-refractivity contribution in [1.82, 2.24) is 14.6 Å². The van der Waals surface area contributed by atoms with E-state index in [2.05, 4.69) is 10.1 Å². The zero-order valence-electron chi connectivity index (χ0n) is 17.7. The van der Waals surface area contributed by atoms with E-state index in [4.69, 9.17) is 14.0 Å². The Morgan fingerprint density at radius 2 is 2.03 bits per heavy atom. The van der Waals surface area contributed by atoms with E-state index >= 15 is 0 Å². The molecule has 0 saturated carbocycles. The van der Waals surface area contributed by atoms with Crippen LogP contribution in [-0.2, 0) is 28.2 Å². The zero-order valence-corrected chi connectivity index (χ0v) is 18.7. The molecule has 31 heavy (non-hydrogen) atoms. The molecule has 1 aliphatic rings. The number of esters is 1. The minimum Gasteiger partial charge on any atom is -0.453 e. The first-order chi connectivity index (χ1) is 14.5. The van der Waals surface area contributed by atoms with Crippen molar-refractivity contribution in [3.05, 3.63) is 33.1 Å². The van der Waals surface area contributed by atoms with Gasteiger partial charge in [-0.25, -0.2) is 9.88 Å². The van der Waals surface area contributed by atoms with Crippen LogP contribution < -0.4 is 16.3 Å². The van der Waals surface area contributed by atoms with Gasteiger partial charge in [-0.2, -0.15) is 0 Å². The van der Waals surface area contributed by atoms with Gasteiger partial charge in [0.2, 0.25) is 0 Å². The Bertz CT molecular complexity index is 928. The van der Waals surface area contributed by atoms with Crippen LogP contribution in [0.5, 0.6) is 0 Å². The summed E-state index contributed by atoms with van der Waals surface area (Å²) < 4.78 is 29.1. The van der Waals surface area contributed by atoms with Crippen LogP contribution in [0.4, 0.5) is 0 Å². The van der Waals surface area contributed by atoms with E-state index in [9.17, 15) is 28.8 Å². The summed E-state index contributed by atoms with van der Waals surface area (Å²) in [5.41, 5.74) is -1.24. The van der Waals surface area contributed by atoms with Crippen molar-refractivity contribution >= 4 is 19.9 Å². The van der Waals surface area contributed by atoms with Gasteiger partial charge in [0.1, 0.15) is 18.4 Å². The standard InChI is InChI=1S/C18H28N3O9P/c1-9(2)16(24)11(4)29-17(25)10(3)20-31(27)28-8-13-12(22)7-15(30-13)21-6-5-14(23)19-18(21)26/h5-6,9-13,15,22,31H,7-8H2,1-4H3,(H,20,27)(H,19,23,26)/t10-,11-,12-,13+,15+/m0/s1. The maximum Gasteiger partial charge on any atom is 0.330 e. The molecule has 3 N–H and O–H groups in total. The highest BCUT2D eigenvalue weighted by molar-refractivity contribution is 7.36. The van der Waals surface area contributed by atoms with E-state index < -0.39 is 56.0 Å². The van der Waals surface area contributed by atoms with Crippen LogP contribution in [0.3, 0.4) is 0 Å². The number of carbonyl (C=O) groups excluding carboxylic acids is 2. The minimum absolute atomic E-state index is 0.0683. The molecule has 1 aromatic rings. The van der Waals surface area contributed by atoms with E-state index in [-0.39, 0.29) is 24.7 Å². The fourth-order valence-corrected chi connectivity index (χ4v) is 3.80. The second kappa shape index (κ2) is 11.0. The second-order valence-electron chi connectivity index (χ2n) is 7.55. The van der Waals surface area contributed by atoms with Crippen molar-refractivity contribution in [2.75, 3.05) is 6.61 Å². The lowest BCUT2D eigenvalue weighted by molar-refractivity contribution is -0.156. The van der Waals surface area contributed by atoms with Gasteiger partial charge in [-0.05, 0) is 13.8 Å². The first-order valence-corrected chi connectivity index (χ1v) is 11.1. The number of H-pyrrole nitrogens is 1. The zero-order chi connectivity index (χ0) is 23.3. The number of ketones is 1. The molecule has 1 aliphatic heterocycles. The number of aliphatic hydroxyl groups is 1. The van der Waals surface area contributed by atoms with Gasteiger partial charge >= 0.3 is 11.7 Å². The molecule has 2 rings (SSSR count). The molecule has 1 saturated heterocycles. The molecule has 0 radical (unpaired) electrons. The Balaban J connectivity index is 1.82. The van der Waals surface area contributed by atoms with Gasteiger partial charge in [-0.1, -0.05) is 13.8 Å². The average Bonchev–Trinajstić information content (AvgIpc) is 3.05. The van der Waals surface area contributed by atoms with Crippen molar-refractivity contribution in [2.45, 2.75) is 64.7 Å². The number of aromatic amines is 1. The van der Waals surface area contributed by atoms with E-state index in [0.29, 0.717) is 0 Å². The molecule has 1 fully saturated rings. The first kappa shape index (κ1) is 25.2. The minimum atomic E-state index is -2.90. The van der Waals surface area contributed by atoms with Gasteiger partial charge in [0, 0.05) is 24.6 Å². The summed E-state index contributed by atoms with van der Waals surface area (Å²) in [4.78, 5) is 49.0. The Morgan fingerprint density at radius 1 is 1.35 bits per heavy atom. The molecular formula is C18H28N3O9P. The molecule has 0 aromatic carbocycles. The van der Waals surface area contributed by atoms with Crippen LogP contribution in [0.25, 0.3) is 0 Å². The number of nitrogens with zero attached hydrogens (tertiary/aromatic N) is 1. The summed E-state index contributed by atoms with van der Waals surface area (Å²) in [6, 6.07) is 0.162. The quantitative estimate of drug-likeness (QED) is 0.312. The molecule has 2 heterocycles. The number of hydrogen-bond acceptors (Lipinski definition) is 9. The fraction of sp³-hybridized carbons (Fsp3) is 0.667. The Kier molecular flexibility index (Phi) is 8.90. The van der Waals surface area contributed by atoms with E-state index in [1.807, 2.05) is 0 Å². The van der Waals surface area contributed by atoms with Crippen LogP contribution in [-0.4, -0.2) is 57.4 Å². The second-order valence-corrected chi connectivity index (χ2v) is 8.70. The van der Waals surface area contributed by atoms with Crippen molar-refractivity contribution in [1.29, 1.82) is 0 Å².